The van der Waals surface area contributed by atoms with Gasteiger partial charge in [-0.15, -0.1) is 15.3 Å². The van der Waals surface area contributed by atoms with Crippen molar-refractivity contribution in [3.63, 3.8) is 0 Å². The highest BCUT2D eigenvalue weighted by Crippen LogP contribution is 2.24. The molecule has 0 unspecified atom stereocenters. The molecular formula is C29H23N9OS. The number of hydrogen-bond acceptors (Lipinski definition) is 8. The first-order valence-corrected chi connectivity index (χ1v) is 12.8. The van der Waals surface area contributed by atoms with E-state index in [9.17, 15) is 0 Å². The van der Waals surface area contributed by atoms with Crippen molar-refractivity contribution < 1.29 is 4.74 Å². The maximum absolute atomic E-state index is 6.08. The van der Waals surface area contributed by atoms with E-state index in [0.29, 0.717) is 23.3 Å². The van der Waals surface area contributed by atoms with E-state index in [0.717, 1.165) is 39.5 Å². The molecule has 10 nitrogen and oxygen atoms in total. The molecule has 196 valence electrons. The molecule has 0 radical (unpaired) electrons. The minimum atomic E-state index is 0.177. The van der Waals surface area contributed by atoms with Crippen molar-refractivity contribution >= 4 is 40.6 Å². The van der Waals surface area contributed by atoms with Gasteiger partial charge in [-0.2, -0.15) is 9.50 Å². The third-order valence-electron chi connectivity index (χ3n) is 6.04. The van der Waals surface area contributed by atoms with Gasteiger partial charge >= 0.3 is 0 Å². The predicted octanol–water partition coefficient (Wildman–Crippen LogP) is 5.22. The Kier molecular flexibility index (Phi) is 6.93. The minimum Gasteiger partial charge on any atom is -0.489 e. The molecule has 6 aromatic rings. The average Bonchev–Trinajstić information content (AvgIpc) is 3.38. The Bertz CT molecular complexity index is 1770. The van der Waals surface area contributed by atoms with Crippen LogP contribution in [0, 0.1) is 0 Å². The van der Waals surface area contributed by atoms with Crippen LogP contribution in [-0.4, -0.2) is 34.9 Å². The van der Waals surface area contributed by atoms with Crippen LogP contribution in [0.5, 0.6) is 5.75 Å². The maximum Gasteiger partial charge on any atom is 0.254 e. The molecule has 40 heavy (non-hydrogen) atoms. The number of rotatable bonds is 7. The lowest BCUT2D eigenvalue weighted by Gasteiger charge is -2.14. The van der Waals surface area contributed by atoms with Gasteiger partial charge in [0.2, 0.25) is 5.95 Å². The lowest BCUT2D eigenvalue weighted by atomic mass is 10.1. The standard InChI is InChI=1S/C29H23N9OS/c30-27-34-28-31-17-16-25(38(28)37-27)20-10-12-22(13-11-20)39-18-21-8-4-5-9-23(21)32-29(40)33-26-15-14-24(35-36-26)19-6-2-1-3-7-19/h1-17H,18H2,(H2,30,37)(H2,32,33,36,40). The molecular weight excluding hydrogens is 522 g/mol. The van der Waals surface area contributed by atoms with Crippen LogP contribution in [0.4, 0.5) is 17.5 Å². The summed E-state index contributed by atoms with van der Waals surface area (Å²) in [4.78, 5) is 8.31. The van der Waals surface area contributed by atoms with Gasteiger partial charge in [0.25, 0.3) is 5.78 Å². The predicted molar refractivity (Wildman–Crippen MR) is 159 cm³/mol. The molecule has 0 aliphatic rings. The normalized spacial score (nSPS) is 10.8. The van der Waals surface area contributed by atoms with E-state index in [1.165, 1.54) is 0 Å². The van der Waals surface area contributed by atoms with Crippen LogP contribution in [0.2, 0.25) is 0 Å². The van der Waals surface area contributed by atoms with E-state index in [4.69, 9.17) is 22.7 Å². The van der Waals surface area contributed by atoms with Gasteiger partial charge in [-0.1, -0.05) is 48.5 Å². The number of nitrogen functional groups attached to an aromatic ring is 1. The highest BCUT2D eigenvalue weighted by Gasteiger charge is 2.10. The smallest absolute Gasteiger partial charge is 0.254 e. The number of ether oxygens (including phenoxy) is 1. The van der Waals surface area contributed by atoms with Gasteiger partial charge in [0.05, 0.1) is 11.4 Å². The first kappa shape index (κ1) is 24.9. The van der Waals surface area contributed by atoms with Gasteiger partial charge in [0.15, 0.2) is 10.9 Å². The Hall–Kier alpha value is -5.42. The van der Waals surface area contributed by atoms with E-state index in [1.807, 2.05) is 97.1 Å². The molecule has 3 aromatic carbocycles. The zero-order valence-corrected chi connectivity index (χ0v) is 21.9. The number of fused-ring (bicyclic) bond motifs is 1. The number of nitrogens with two attached hydrogens (primary N) is 1. The van der Waals surface area contributed by atoms with Crippen molar-refractivity contribution in [2.75, 3.05) is 16.4 Å². The van der Waals surface area contributed by atoms with E-state index in [2.05, 4.69) is 35.9 Å². The summed E-state index contributed by atoms with van der Waals surface area (Å²) in [5.41, 5.74) is 11.1. The highest BCUT2D eigenvalue weighted by atomic mass is 32.1. The fourth-order valence-corrected chi connectivity index (χ4v) is 4.33. The molecule has 0 amide bonds. The van der Waals surface area contributed by atoms with Crippen LogP contribution >= 0.6 is 12.2 Å². The van der Waals surface area contributed by atoms with Gasteiger partial charge in [0.1, 0.15) is 12.4 Å². The van der Waals surface area contributed by atoms with Gasteiger partial charge in [-0.3, -0.25) is 0 Å². The van der Waals surface area contributed by atoms with Crippen LogP contribution in [0.1, 0.15) is 5.56 Å². The molecule has 0 atom stereocenters. The fraction of sp³-hybridized carbons (Fsp3) is 0.0345. The molecule has 0 spiro atoms. The Labute approximate surface area is 234 Å². The second kappa shape index (κ2) is 11.1. The van der Waals surface area contributed by atoms with Crippen molar-refractivity contribution in [3.05, 3.63) is 109 Å². The zero-order valence-electron chi connectivity index (χ0n) is 21.1. The van der Waals surface area contributed by atoms with Gasteiger partial charge in [0, 0.05) is 28.6 Å². The SMILES string of the molecule is Nc1nc2nccc(-c3ccc(OCc4ccccc4NC(=S)Nc4ccc(-c5ccccc5)nn4)cc3)n2n1. The summed E-state index contributed by atoms with van der Waals surface area (Å²) >= 11 is 5.52. The summed E-state index contributed by atoms with van der Waals surface area (Å²) in [6.07, 6.45) is 1.68. The summed E-state index contributed by atoms with van der Waals surface area (Å²) in [5, 5.41) is 19.5. The number of benzene rings is 3. The Balaban J connectivity index is 1.09. The molecule has 0 saturated heterocycles. The fourth-order valence-electron chi connectivity index (χ4n) is 4.11. The molecule has 0 aliphatic heterocycles. The lowest BCUT2D eigenvalue weighted by Crippen LogP contribution is -2.21. The Morgan fingerprint density at radius 2 is 1.62 bits per heavy atom. The van der Waals surface area contributed by atoms with E-state index >= 15 is 0 Å². The summed E-state index contributed by atoms with van der Waals surface area (Å²) in [6, 6.07) is 31.0. The second-order valence-electron chi connectivity index (χ2n) is 8.73. The van der Waals surface area contributed by atoms with Gasteiger partial charge in [-0.05, 0) is 60.7 Å². The largest absolute Gasteiger partial charge is 0.489 e. The molecule has 3 aromatic heterocycles. The molecule has 0 saturated carbocycles. The monoisotopic (exact) mass is 545 g/mol. The van der Waals surface area contributed by atoms with Crippen LogP contribution in [0.15, 0.2) is 103 Å². The number of thiocarbonyl (C=S) groups is 1. The second-order valence-corrected chi connectivity index (χ2v) is 9.14. The summed E-state index contributed by atoms with van der Waals surface area (Å²) < 4.78 is 7.70. The van der Waals surface area contributed by atoms with Crippen LogP contribution < -0.4 is 21.1 Å². The highest BCUT2D eigenvalue weighted by molar-refractivity contribution is 7.80. The van der Waals surface area contributed by atoms with Crippen LogP contribution in [0.3, 0.4) is 0 Å². The van der Waals surface area contributed by atoms with Crippen molar-refractivity contribution in [3.8, 4) is 28.3 Å². The van der Waals surface area contributed by atoms with Crippen molar-refractivity contribution in [1.82, 2.24) is 29.8 Å². The van der Waals surface area contributed by atoms with E-state index in [1.54, 1.807) is 10.7 Å². The Morgan fingerprint density at radius 3 is 2.42 bits per heavy atom. The number of aromatic nitrogens is 6. The first-order valence-electron chi connectivity index (χ1n) is 12.4. The van der Waals surface area contributed by atoms with Gasteiger partial charge < -0.3 is 21.1 Å². The number of hydrogen-bond donors (Lipinski definition) is 3. The molecule has 3 heterocycles. The van der Waals surface area contributed by atoms with Crippen LogP contribution in [0.25, 0.3) is 28.3 Å². The zero-order chi connectivity index (χ0) is 27.3. The first-order chi connectivity index (χ1) is 19.6. The number of para-hydroxylation sites is 1. The topological polar surface area (TPSA) is 128 Å². The Morgan fingerprint density at radius 1 is 0.825 bits per heavy atom. The summed E-state index contributed by atoms with van der Waals surface area (Å²) in [6.45, 7) is 0.343. The van der Waals surface area contributed by atoms with Crippen LogP contribution in [-0.2, 0) is 6.61 Å². The van der Waals surface area contributed by atoms with Crippen molar-refractivity contribution in [2.45, 2.75) is 6.61 Å². The maximum atomic E-state index is 6.08. The summed E-state index contributed by atoms with van der Waals surface area (Å²) in [7, 11) is 0. The molecule has 4 N–H and O–H groups in total. The average molecular weight is 546 g/mol. The van der Waals surface area contributed by atoms with Crippen molar-refractivity contribution in [2.24, 2.45) is 0 Å². The summed E-state index contributed by atoms with van der Waals surface area (Å²) in [5.74, 6) is 1.89. The van der Waals surface area contributed by atoms with Crippen molar-refractivity contribution in [1.29, 1.82) is 0 Å². The lowest BCUT2D eigenvalue weighted by molar-refractivity contribution is 0.307. The molecule has 11 heteroatoms. The third-order valence-corrected chi connectivity index (χ3v) is 6.25. The van der Waals surface area contributed by atoms with Gasteiger partial charge in [-0.25, -0.2) is 4.98 Å². The minimum absolute atomic E-state index is 0.177. The quantitative estimate of drug-likeness (QED) is 0.230. The number of nitrogens with zero attached hydrogens (tertiary/aromatic N) is 6. The molecule has 0 aliphatic carbocycles. The molecule has 0 bridgehead atoms. The van der Waals surface area contributed by atoms with E-state index in [-0.39, 0.29) is 5.95 Å². The molecule has 0 fully saturated rings. The number of anilines is 3. The van der Waals surface area contributed by atoms with E-state index < -0.39 is 0 Å². The number of nitrogens with one attached hydrogen (secondary N) is 2. The molecule has 6 rings (SSSR count). The third kappa shape index (κ3) is 5.54.